The maximum Gasteiger partial charge on any atom is 0.161 e. The second-order valence-electron chi connectivity index (χ2n) is 14.9. The SMILES string of the molecule is c1ccc(-c2nc(-c3cccc4oc5ccc(-c6ccc7c(c6)c6c8ccccc8c(-c8ccccc8)cc6n7-c6ccccc6)cc5c34)nc3ccccc23)cc1. The van der Waals surface area contributed by atoms with E-state index in [1.165, 1.54) is 43.7 Å². The number of fused-ring (bicyclic) bond motifs is 9. The van der Waals surface area contributed by atoms with Crippen LogP contribution in [0.2, 0.25) is 0 Å². The van der Waals surface area contributed by atoms with Crippen molar-refractivity contribution < 1.29 is 4.42 Å². The monoisotopic (exact) mass is 739 g/mol. The van der Waals surface area contributed by atoms with E-state index in [-0.39, 0.29) is 0 Å². The van der Waals surface area contributed by atoms with Gasteiger partial charge in [0.05, 0.1) is 22.2 Å². The summed E-state index contributed by atoms with van der Waals surface area (Å²) in [6.45, 7) is 0. The summed E-state index contributed by atoms with van der Waals surface area (Å²) in [7, 11) is 0. The lowest BCUT2D eigenvalue weighted by Gasteiger charge is -2.12. The molecule has 270 valence electrons. The maximum atomic E-state index is 6.53. The second kappa shape index (κ2) is 12.9. The van der Waals surface area contributed by atoms with Crippen LogP contribution in [-0.2, 0) is 0 Å². The Morgan fingerprint density at radius 1 is 0.362 bits per heavy atom. The number of furan rings is 1. The molecule has 0 saturated heterocycles. The molecule has 9 aromatic carbocycles. The Morgan fingerprint density at radius 3 is 1.81 bits per heavy atom. The molecule has 0 bridgehead atoms. The number of benzene rings is 9. The van der Waals surface area contributed by atoms with Gasteiger partial charge in [0, 0.05) is 43.7 Å². The van der Waals surface area contributed by atoms with Crippen LogP contribution >= 0.6 is 0 Å². The predicted molar refractivity (Wildman–Crippen MR) is 240 cm³/mol. The van der Waals surface area contributed by atoms with Crippen molar-refractivity contribution in [3.63, 3.8) is 0 Å². The minimum atomic E-state index is 0.674. The van der Waals surface area contributed by atoms with E-state index in [0.29, 0.717) is 5.82 Å². The van der Waals surface area contributed by atoms with E-state index in [1.54, 1.807) is 0 Å². The molecule has 3 heterocycles. The third kappa shape index (κ3) is 5.02. The molecular weight excluding hydrogens is 707 g/mol. The first-order valence-corrected chi connectivity index (χ1v) is 19.7. The van der Waals surface area contributed by atoms with E-state index < -0.39 is 0 Å². The second-order valence-corrected chi connectivity index (χ2v) is 14.9. The Bertz CT molecular complexity index is 3550. The van der Waals surface area contributed by atoms with Crippen molar-refractivity contribution >= 4 is 65.4 Å². The lowest BCUT2D eigenvalue weighted by molar-refractivity contribution is 0.669. The summed E-state index contributed by atoms with van der Waals surface area (Å²) < 4.78 is 8.94. The van der Waals surface area contributed by atoms with Crippen molar-refractivity contribution in [2.24, 2.45) is 0 Å². The molecule has 0 fully saturated rings. The summed E-state index contributed by atoms with van der Waals surface area (Å²) in [5.74, 6) is 0.674. The van der Waals surface area contributed by atoms with Crippen LogP contribution in [-0.4, -0.2) is 14.5 Å². The highest BCUT2D eigenvalue weighted by atomic mass is 16.3. The van der Waals surface area contributed by atoms with Crippen LogP contribution in [0, 0.1) is 0 Å². The zero-order valence-electron chi connectivity index (χ0n) is 31.3. The van der Waals surface area contributed by atoms with Gasteiger partial charge in [0.15, 0.2) is 5.82 Å². The lowest BCUT2D eigenvalue weighted by atomic mass is 9.94. The van der Waals surface area contributed by atoms with Crippen LogP contribution in [0.4, 0.5) is 0 Å². The molecule has 0 N–H and O–H groups in total. The Balaban J connectivity index is 1.09. The van der Waals surface area contributed by atoms with Gasteiger partial charge in [-0.15, -0.1) is 0 Å². The van der Waals surface area contributed by atoms with Crippen LogP contribution in [0.1, 0.15) is 0 Å². The normalized spacial score (nSPS) is 11.8. The molecule has 0 amide bonds. The minimum Gasteiger partial charge on any atom is -0.456 e. The van der Waals surface area contributed by atoms with E-state index in [2.05, 4.69) is 174 Å². The summed E-state index contributed by atoms with van der Waals surface area (Å²) in [4.78, 5) is 10.4. The number of hydrogen-bond donors (Lipinski definition) is 0. The quantitative estimate of drug-likeness (QED) is 0.177. The number of hydrogen-bond acceptors (Lipinski definition) is 3. The molecule has 0 aliphatic heterocycles. The van der Waals surface area contributed by atoms with Gasteiger partial charge in [-0.3, -0.25) is 0 Å². The van der Waals surface area contributed by atoms with E-state index in [0.717, 1.165) is 66.5 Å². The third-order valence-corrected chi connectivity index (χ3v) is 11.6. The summed E-state index contributed by atoms with van der Waals surface area (Å²) in [5.41, 5.74) is 13.6. The first-order valence-electron chi connectivity index (χ1n) is 19.7. The molecule has 0 atom stereocenters. The highest BCUT2D eigenvalue weighted by Gasteiger charge is 2.21. The Hall–Kier alpha value is -7.82. The molecule has 3 aromatic heterocycles. The largest absolute Gasteiger partial charge is 0.456 e. The van der Waals surface area contributed by atoms with Gasteiger partial charge in [-0.2, -0.15) is 0 Å². The average molecular weight is 740 g/mol. The lowest BCUT2D eigenvalue weighted by Crippen LogP contribution is -1.95. The third-order valence-electron chi connectivity index (χ3n) is 11.6. The molecule has 0 saturated carbocycles. The summed E-state index contributed by atoms with van der Waals surface area (Å²) >= 11 is 0. The van der Waals surface area contributed by atoms with Gasteiger partial charge >= 0.3 is 0 Å². The number of aromatic nitrogens is 3. The van der Waals surface area contributed by atoms with Gasteiger partial charge in [0.25, 0.3) is 0 Å². The number of nitrogens with zero attached hydrogens (tertiary/aromatic N) is 3. The van der Waals surface area contributed by atoms with Crippen LogP contribution in [0.3, 0.4) is 0 Å². The van der Waals surface area contributed by atoms with Gasteiger partial charge in [0.1, 0.15) is 11.2 Å². The van der Waals surface area contributed by atoms with Gasteiger partial charge < -0.3 is 8.98 Å². The summed E-state index contributed by atoms with van der Waals surface area (Å²) in [6, 6.07) is 70.9. The molecule has 0 unspecified atom stereocenters. The molecule has 0 spiro atoms. The smallest absolute Gasteiger partial charge is 0.161 e. The first kappa shape index (κ1) is 32.4. The van der Waals surface area contributed by atoms with E-state index in [1.807, 2.05) is 30.3 Å². The first-order chi connectivity index (χ1) is 28.8. The van der Waals surface area contributed by atoms with Crippen molar-refractivity contribution in [3.05, 3.63) is 200 Å². The molecule has 58 heavy (non-hydrogen) atoms. The zero-order chi connectivity index (χ0) is 38.2. The van der Waals surface area contributed by atoms with Gasteiger partial charge in [-0.05, 0) is 87.6 Å². The Kier molecular flexibility index (Phi) is 7.20. The van der Waals surface area contributed by atoms with Crippen molar-refractivity contribution in [1.82, 2.24) is 14.5 Å². The van der Waals surface area contributed by atoms with Crippen LogP contribution in [0.5, 0.6) is 0 Å². The fraction of sp³-hybridized carbons (Fsp3) is 0. The van der Waals surface area contributed by atoms with E-state index in [4.69, 9.17) is 14.4 Å². The molecule has 4 nitrogen and oxygen atoms in total. The average Bonchev–Trinajstić information content (AvgIpc) is 3.84. The van der Waals surface area contributed by atoms with Crippen molar-refractivity contribution in [2.75, 3.05) is 0 Å². The molecule has 0 aliphatic rings. The van der Waals surface area contributed by atoms with Crippen molar-refractivity contribution in [2.45, 2.75) is 0 Å². The summed E-state index contributed by atoms with van der Waals surface area (Å²) in [6.07, 6.45) is 0. The van der Waals surface area contributed by atoms with E-state index in [9.17, 15) is 0 Å². The molecule has 0 aliphatic carbocycles. The van der Waals surface area contributed by atoms with Gasteiger partial charge in [0.2, 0.25) is 0 Å². The zero-order valence-corrected chi connectivity index (χ0v) is 31.3. The van der Waals surface area contributed by atoms with Crippen molar-refractivity contribution in [3.8, 4) is 50.6 Å². The van der Waals surface area contributed by atoms with Gasteiger partial charge in [-0.25, -0.2) is 9.97 Å². The minimum absolute atomic E-state index is 0.674. The molecule has 4 heteroatoms. The maximum absolute atomic E-state index is 6.53. The Morgan fingerprint density at radius 2 is 1.02 bits per heavy atom. The topological polar surface area (TPSA) is 43.9 Å². The number of para-hydroxylation sites is 2. The fourth-order valence-electron chi connectivity index (χ4n) is 8.98. The van der Waals surface area contributed by atoms with E-state index >= 15 is 0 Å². The summed E-state index contributed by atoms with van der Waals surface area (Å²) in [5, 5.41) is 8.00. The fourth-order valence-corrected chi connectivity index (χ4v) is 8.98. The Labute approximate surface area is 333 Å². The van der Waals surface area contributed by atoms with Crippen molar-refractivity contribution in [1.29, 1.82) is 0 Å². The van der Waals surface area contributed by atoms with Gasteiger partial charge in [-0.1, -0.05) is 146 Å². The van der Waals surface area contributed by atoms with Crippen LogP contribution in [0.25, 0.3) is 116 Å². The molecular formula is C54H33N3O. The predicted octanol–water partition coefficient (Wildman–Crippen LogP) is 14.4. The van der Waals surface area contributed by atoms with Crippen LogP contribution < -0.4 is 0 Å². The number of rotatable bonds is 5. The molecule has 12 rings (SSSR count). The highest BCUT2D eigenvalue weighted by molar-refractivity contribution is 6.25. The highest BCUT2D eigenvalue weighted by Crippen LogP contribution is 2.44. The molecule has 0 radical (unpaired) electrons. The van der Waals surface area contributed by atoms with Crippen LogP contribution in [0.15, 0.2) is 205 Å². The standard InChI is InChI=1S/C54H33N3O/c1-4-15-34(16-5-1)43-33-48-51(40-22-11-10-21-39(40)43)44-31-36(27-29-47(44)57(48)38-19-8-3-9-20-38)37-28-30-49-45(32-37)52-42(24-14-26-50(52)58-49)54-55-46-25-13-12-23-41(46)53(56-54)35-17-6-2-7-18-35/h1-33H. The molecule has 12 aromatic rings.